The molecule has 21 heteroatoms. The molecule has 2 fully saturated rings. The minimum absolute atomic E-state index is 0.0423. The number of pyridine rings is 2. The van der Waals surface area contributed by atoms with Gasteiger partial charge in [0.2, 0.25) is 11.8 Å². The van der Waals surface area contributed by atoms with Crippen LogP contribution in [0.2, 0.25) is 5.02 Å². The van der Waals surface area contributed by atoms with Crippen LogP contribution in [0.25, 0.3) is 11.3 Å². The van der Waals surface area contributed by atoms with Crippen molar-refractivity contribution in [3.8, 4) is 23.1 Å². The topological polar surface area (TPSA) is 201 Å². The standard InChI is InChI=1S/C45H50ClF4N7O4.C9H16FNO3/c1-45(2,27-47)42(55-44(60)61-3)43(59)54-38(39(58)23-51-22-34-35(46)19-31(20-36(34)48)37-6-4-5-17-52-37)18-29-10-7-28(8-11-29)9-12-30-13-16-41(53-21-30)56-24-32-14-15-33(25-56)57(32)26-40(49)50;1-9(2,5-10)6(8(11)13)4-7(12)14-3/h4-8,10-11,13,16-17,19-21,32-33,38-40,42,51,58H,14-15,18,22-27H2,1-3H3,(H,54,59)(H,55,60);6H,4-5H2,1-3H3,(H2,11,13)/t32?,33?,38-,39-,42+;6-/m01/s1. The number of methoxy groups -OCH3 is 2. The van der Waals surface area contributed by atoms with Gasteiger partial charge in [-0.1, -0.05) is 69.3 Å². The highest BCUT2D eigenvalue weighted by Crippen LogP contribution is 2.33. The largest absolute Gasteiger partial charge is 0.469 e. The summed E-state index contributed by atoms with van der Waals surface area (Å²) < 4.78 is 77.3. The van der Waals surface area contributed by atoms with Crippen molar-refractivity contribution in [3.05, 3.63) is 112 Å². The maximum Gasteiger partial charge on any atom is 0.407 e. The zero-order valence-electron chi connectivity index (χ0n) is 42.9. The Morgan fingerprint density at radius 1 is 0.893 bits per heavy atom. The number of halogens is 6. The number of aliphatic hydroxyl groups is 1. The van der Waals surface area contributed by atoms with Crippen LogP contribution < -0.4 is 26.6 Å². The number of benzene rings is 2. The van der Waals surface area contributed by atoms with Crippen LogP contribution in [-0.2, 0) is 36.8 Å². The van der Waals surface area contributed by atoms with Gasteiger partial charge in [0.1, 0.15) is 17.7 Å². The molecule has 15 nitrogen and oxygen atoms in total. The van der Waals surface area contributed by atoms with Crippen LogP contribution in [0.5, 0.6) is 0 Å². The van der Waals surface area contributed by atoms with Crippen molar-refractivity contribution < 1.29 is 55.7 Å². The highest BCUT2D eigenvalue weighted by atomic mass is 35.5. The lowest BCUT2D eigenvalue weighted by Gasteiger charge is -2.41. The van der Waals surface area contributed by atoms with Gasteiger partial charge in [0.05, 0.1) is 64.3 Å². The van der Waals surface area contributed by atoms with E-state index in [1.54, 1.807) is 74.8 Å². The number of esters is 1. The van der Waals surface area contributed by atoms with Crippen molar-refractivity contribution in [1.29, 1.82) is 0 Å². The lowest BCUT2D eigenvalue weighted by Crippen LogP contribution is -2.59. The fraction of sp³-hybridized carbons (Fsp3) is 0.481. The number of carbonyl (C=O) groups is 4. The van der Waals surface area contributed by atoms with E-state index in [0.717, 1.165) is 31.3 Å². The number of nitrogens with one attached hydrogen (secondary N) is 3. The van der Waals surface area contributed by atoms with Crippen molar-refractivity contribution >= 4 is 41.3 Å². The van der Waals surface area contributed by atoms with E-state index in [1.807, 2.05) is 17.0 Å². The Kier molecular flexibility index (Phi) is 21.7. The molecule has 6 atom stereocenters. The number of carbonyl (C=O) groups excluding carboxylic acids is 4. The molecule has 4 heterocycles. The van der Waals surface area contributed by atoms with E-state index in [0.29, 0.717) is 35.5 Å². The number of aromatic nitrogens is 2. The molecule has 2 saturated heterocycles. The Morgan fingerprint density at radius 2 is 1.55 bits per heavy atom. The average molecular weight is 1070 g/mol. The molecule has 2 aromatic carbocycles. The molecule has 6 rings (SSSR count). The number of primary amides is 1. The fourth-order valence-corrected chi connectivity index (χ4v) is 9.14. The van der Waals surface area contributed by atoms with E-state index in [9.17, 15) is 41.8 Å². The zero-order valence-corrected chi connectivity index (χ0v) is 43.6. The highest BCUT2D eigenvalue weighted by Gasteiger charge is 2.42. The quantitative estimate of drug-likeness (QED) is 0.0333. The van der Waals surface area contributed by atoms with Crippen LogP contribution in [0.1, 0.15) is 69.2 Å². The molecule has 2 aliphatic heterocycles. The van der Waals surface area contributed by atoms with Crippen LogP contribution in [0.4, 0.5) is 32.6 Å². The van der Waals surface area contributed by atoms with Crippen molar-refractivity contribution in [2.24, 2.45) is 22.5 Å². The summed E-state index contributed by atoms with van der Waals surface area (Å²) in [6.07, 6.45) is 0.532. The maximum atomic E-state index is 15.3. The molecule has 2 bridgehead atoms. The first-order valence-electron chi connectivity index (χ1n) is 24.4. The van der Waals surface area contributed by atoms with Gasteiger partial charge in [-0.3, -0.25) is 33.0 Å². The van der Waals surface area contributed by atoms with E-state index in [4.69, 9.17) is 17.3 Å². The predicted molar refractivity (Wildman–Crippen MR) is 275 cm³/mol. The van der Waals surface area contributed by atoms with E-state index >= 15 is 4.39 Å². The number of fused-ring (bicyclic) bond motifs is 2. The Hall–Kier alpha value is -6.40. The molecule has 2 aliphatic rings. The lowest BCUT2D eigenvalue weighted by molar-refractivity contribution is -0.146. The molecule has 0 radical (unpaired) electrons. The number of nitrogens with zero attached hydrogens (tertiary/aromatic N) is 4. The number of nitrogens with two attached hydrogens (primary N) is 1. The zero-order chi connectivity index (χ0) is 55.0. The first-order chi connectivity index (χ1) is 35.6. The summed E-state index contributed by atoms with van der Waals surface area (Å²) in [4.78, 5) is 60.8. The Labute approximate surface area is 439 Å². The minimum Gasteiger partial charge on any atom is -0.469 e. The third kappa shape index (κ3) is 16.8. The first-order valence-corrected chi connectivity index (χ1v) is 24.7. The normalized spacial score (nSPS) is 17.1. The van der Waals surface area contributed by atoms with E-state index < -0.39 is 84.4 Å². The summed E-state index contributed by atoms with van der Waals surface area (Å²) in [5.74, 6) is 3.66. The van der Waals surface area contributed by atoms with Crippen LogP contribution in [0.3, 0.4) is 0 Å². The van der Waals surface area contributed by atoms with Crippen molar-refractivity contribution in [3.63, 3.8) is 0 Å². The first kappa shape index (κ1) is 59.5. The molecular weight excluding hydrogens is 1000 g/mol. The smallest absolute Gasteiger partial charge is 0.407 e. The monoisotopic (exact) mass is 1070 g/mol. The van der Waals surface area contributed by atoms with E-state index in [1.165, 1.54) is 27.0 Å². The van der Waals surface area contributed by atoms with Crippen LogP contribution in [-0.4, -0.2) is 134 Å². The number of hydrogen-bond donors (Lipinski definition) is 5. The minimum atomic E-state index is -2.35. The van der Waals surface area contributed by atoms with Gasteiger partial charge in [0.25, 0.3) is 6.43 Å². The number of ether oxygens (including phenoxy) is 2. The van der Waals surface area contributed by atoms with Crippen LogP contribution in [0.15, 0.2) is 79.1 Å². The SMILES string of the molecule is COC(=O)C[C@H](C(N)=O)C(C)(C)CF.COC(=O)N[C@H](C(=O)N[C@@H](Cc1ccc(C#Cc2ccc(N3CC4CCC(C3)N4CC(F)F)nc2)cc1)[C@@H](O)CNCc1c(F)cc(-c2ccccn2)cc1Cl)C(C)(C)CF. The molecule has 3 amide bonds. The number of rotatable bonds is 21. The molecule has 6 N–H and O–H groups in total. The third-order valence-corrected chi connectivity index (χ3v) is 13.8. The number of piperazine rings is 1. The number of alkyl halides is 4. The number of hydrogen-bond acceptors (Lipinski definition) is 12. The third-order valence-electron chi connectivity index (χ3n) is 13.4. The summed E-state index contributed by atoms with van der Waals surface area (Å²) in [7, 11) is 2.34. The number of aliphatic hydroxyl groups excluding tert-OH is 1. The van der Waals surface area contributed by atoms with Gasteiger partial charge in [-0.2, -0.15) is 0 Å². The van der Waals surface area contributed by atoms with Crippen molar-refractivity contribution in [2.75, 3.05) is 58.6 Å². The Balaban J connectivity index is 0.000000649. The molecule has 2 aromatic heterocycles. The molecule has 0 aliphatic carbocycles. The highest BCUT2D eigenvalue weighted by molar-refractivity contribution is 6.31. The van der Waals surface area contributed by atoms with Crippen LogP contribution >= 0.6 is 11.6 Å². The summed E-state index contributed by atoms with van der Waals surface area (Å²) in [5.41, 5.74) is 6.20. The van der Waals surface area contributed by atoms with Gasteiger partial charge in [-0.15, -0.1) is 0 Å². The van der Waals surface area contributed by atoms with Crippen LogP contribution in [0, 0.1) is 34.4 Å². The van der Waals surface area contributed by atoms with Gasteiger partial charge < -0.3 is 41.2 Å². The van der Waals surface area contributed by atoms with Gasteiger partial charge in [0.15, 0.2) is 0 Å². The molecule has 0 saturated carbocycles. The summed E-state index contributed by atoms with van der Waals surface area (Å²) >= 11 is 6.48. The second-order valence-corrected chi connectivity index (χ2v) is 20.3. The summed E-state index contributed by atoms with van der Waals surface area (Å²) in [5, 5.41) is 19.9. The van der Waals surface area contributed by atoms with Gasteiger partial charge >= 0.3 is 12.1 Å². The van der Waals surface area contributed by atoms with Gasteiger partial charge in [-0.05, 0) is 73.4 Å². The van der Waals surface area contributed by atoms with Gasteiger partial charge in [0, 0.05) is 88.8 Å². The Morgan fingerprint density at radius 3 is 2.09 bits per heavy atom. The van der Waals surface area contributed by atoms with Crippen molar-refractivity contribution in [2.45, 2.75) is 96.6 Å². The predicted octanol–water partition coefficient (Wildman–Crippen LogP) is 6.80. The second kappa shape index (κ2) is 27.4. The molecular formula is C54H66ClF5N8O7. The molecule has 75 heavy (non-hydrogen) atoms. The lowest BCUT2D eigenvalue weighted by atomic mass is 9.77. The molecule has 4 aromatic rings. The number of alkyl carbamates (subject to hydrolysis) is 1. The average Bonchev–Trinajstić information content (AvgIpc) is 3.60. The Bertz CT molecular complexity index is 2570. The second-order valence-electron chi connectivity index (χ2n) is 19.9. The maximum absolute atomic E-state index is 15.3. The molecule has 2 unspecified atom stereocenters. The van der Waals surface area contributed by atoms with E-state index in [2.05, 4.69) is 52.1 Å². The van der Waals surface area contributed by atoms with Crippen molar-refractivity contribution in [1.82, 2.24) is 30.8 Å². The van der Waals surface area contributed by atoms with Gasteiger partial charge in [-0.25, -0.2) is 22.9 Å². The number of anilines is 1. The summed E-state index contributed by atoms with van der Waals surface area (Å²) in [6, 6.07) is 17.1. The van der Waals surface area contributed by atoms with E-state index in [-0.39, 0.29) is 55.1 Å². The molecule has 406 valence electrons. The summed E-state index contributed by atoms with van der Waals surface area (Å²) in [6.45, 7) is 5.38. The number of amides is 3. The fourth-order valence-electron chi connectivity index (χ4n) is 8.87. The molecule has 0 spiro atoms.